The Bertz CT molecular complexity index is 293. The number of piperidine rings is 1. The maximum absolute atomic E-state index is 10.9. The van der Waals surface area contributed by atoms with Crippen LogP contribution in [0.5, 0.6) is 0 Å². The summed E-state index contributed by atoms with van der Waals surface area (Å²) < 4.78 is 0. The van der Waals surface area contributed by atoms with Crippen LogP contribution in [0.2, 0.25) is 0 Å². The zero-order chi connectivity index (χ0) is 12.3. The quantitative estimate of drug-likeness (QED) is 0.731. The molecule has 2 aliphatic rings. The lowest BCUT2D eigenvalue weighted by molar-refractivity contribution is -0.139. The second-order valence-electron chi connectivity index (χ2n) is 5.12. The second-order valence-corrected chi connectivity index (χ2v) is 5.12. The van der Waals surface area contributed by atoms with E-state index in [9.17, 15) is 4.79 Å². The minimum atomic E-state index is -0.735. The molecule has 0 aromatic heterocycles. The molecule has 2 fully saturated rings. The van der Waals surface area contributed by atoms with Gasteiger partial charge in [0.25, 0.3) is 0 Å². The van der Waals surface area contributed by atoms with Gasteiger partial charge in [0.05, 0.1) is 6.54 Å². The van der Waals surface area contributed by atoms with Crippen LogP contribution in [0.3, 0.4) is 0 Å². The van der Waals surface area contributed by atoms with Crippen molar-refractivity contribution in [2.45, 2.75) is 37.8 Å². The molecule has 2 rings (SSSR count). The fourth-order valence-electron chi connectivity index (χ4n) is 3.22. The molecule has 0 aromatic rings. The first-order chi connectivity index (χ1) is 8.20. The van der Waals surface area contributed by atoms with Gasteiger partial charge in [-0.25, -0.2) is 0 Å². The number of hydrogen-bond donors (Lipinski definition) is 1. The fourth-order valence-corrected chi connectivity index (χ4v) is 3.22. The van der Waals surface area contributed by atoms with Gasteiger partial charge >= 0.3 is 5.97 Å². The van der Waals surface area contributed by atoms with Crippen molar-refractivity contribution in [3.05, 3.63) is 12.7 Å². The third-order valence-corrected chi connectivity index (χ3v) is 4.01. The molecule has 2 unspecified atom stereocenters. The highest BCUT2D eigenvalue weighted by atomic mass is 16.4. The van der Waals surface area contributed by atoms with E-state index in [0.29, 0.717) is 18.6 Å². The van der Waals surface area contributed by atoms with Crippen LogP contribution in [-0.4, -0.2) is 59.1 Å². The van der Waals surface area contributed by atoms with E-state index in [4.69, 9.17) is 5.11 Å². The maximum Gasteiger partial charge on any atom is 0.317 e. The summed E-state index contributed by atoms with van der Waals surface area (Å²) in [6.45, 7) is 6.91. The summed E-state index contributed by atoms with van der Waals surface area (Å²) in [6.07, 6.45) is 6.62. The highest BCUT2D eigenvalue weighted by Gasteiger charge is 2.34. The third-order valence-electron chi connectivity index (χ3n) is 4.01. The molecule has 0 radical (unpaired) electrons. The van der Waals surface area contributed by atoms with E-state index >= 15 is 0 Å². The molecule has 0 aliphatic carbocycles. The zero-order valence-corrected chi connectivity index (χ0v) is 10.3. The van der Waals surface area contributed by atoms with Gasteiger partial charge in [0, 0.05) is 18.6 Å². The molecule has 2 aliphatic heterocycles. The van der Waals surface area contributed by atoms with Gasteiger partial charge in [-0.1, -0.05) is 6.08 Å². The van der Waals surface area contributed by atoms with Crippen LogP contribution in [0, 0.1) is 0 Å². The number of rotatable bonds is 5. The molecular formula is C13H22N2O2. The number of nitrogens with zero attached hydrogens (tertiary/aromatic N) is 2. The van der Waals surface area contributed by atoms with Crippen molar-refractivity contribution in [1.82, 2.24) is 9.80 Å². The molecule has 4 heteroatoms. The Balaban J connectivity index is 1.94. The number of carboxylic acids is 1. The lowest BCUT2D eigenvalue weighted by Crippen LogP contribution is -2.49. The van der Waals surface area contributed by atoms with Gasteiger partial charge in [0.1, 0.15) is 0 Å². The van der Waals surface area contributed by atoms with Crippen molar-refractivity contribution in [3.8, 4) is 0 Å². The Morgan fingerprint density at radius 3 is 3.00 bits per heavy atom. The molecule has 2 heterocycles. The van der Waals surface area contributed by atoms with Crippen molar-refractivity contribution >= 4 is 5.97 Å². The number of aliphatic carboxylic acids is 1. The molecule has 1 N–H and O–H groups in total. The molecule has 0 spiro atoms. The topological polar surface area (TPSA) is 43.8 Å². The van der Waals surface area contributed by atoms with Gasteiger partial charge in [-0.3, -0.25) is 9.69 Å². The normalized spacial score (nSPS) is 29.2. The SMILES string of the molecule is C=CCN(CC(=O)O)C1CCN2CCCC2C1. The summed E-state index contributed by atoms with van der Waals surface area (Å²) in [4.78, 5) is 15.5. The predicted octanol–water partition coefficient (Wildman–Crippen LogP) is 1.19. The number of carbonyl (C=O) groups is 1. The van der Waals surface area contributed by atoms with Gasteiger partial charge in [0.15, 0.2) is 0 Å². The monoisotopic (exact) mass is 238 g/mol. The summed E-state index contributed by atoms with van der Waals surface area (Å²) in [7, 11) is 0. The molecule has 0 aromatic carbocycles. The summed E-state index contributed by atoms with van der Waals surface area (Å²) in [5.74, 6) is -0.735. The molecule has 0 amide bonds. The van der Waals surface area contributed by atoms with Crippen LogP contribution in [0.4, 0.5) is 0 Å². The van der Waals surface area contributed by atoms with Gasteiger partial charge in [0.2, 0.25) is 0 Å². The van der Waals surface area contributed by atoms with Crippen LogP contribution in [0.15, 0.2) is 12.7 Å². The first kappa shape index (κ1) is 12.6. The van der Waals surface area contributed by atoms with Crippen LogP contribution in [-0.2, 0) is 4.79 Å². The Morgan fingerprint density at radius 2 is 2.29 bits per heavy atom. The average molecular weight is 238 g/mol. The fraction of sp³-hybridized carbons (Fsp3) is 0.769. The van der Waals surface area contributed by atoms with E-state index in [2.05, 4.69) is 16.4 Å². The first-order valence-electron chi connectivity index (χ1n) is 6.51. The summed E-state index contributed by atoms with van der Waals surface area (Å²) in [6, 6.07) is 1.11. The molecule has 0 bridgehead atoms. The number of carboxylic acid groups (broad SMARTS) is 1. The Kier molecular flexibility index (Phi) is 4.18. The van der Waals surface area contributed by atoms with E-state index in [1.807, 2.05) is 6.08 Å². The molecular weight excluding hydrogens is 216 g/mol. The number of fused-ring (bicyclic) bond motifs is 1. The molecule has 2 atom stereocenters. The van der Waals surface area contributed by atoms with Crippen molar-refractivity contribution in [2.24, 2.45) is 0 Å². The zero-order valence-electron chi connectivity index (χ0n) is 10.3. The molecule has 17 heavy (non-hydrogen) atoms. The van der Waals surface area contributed by atoms with Gasteiger partial charge < -0.3 is 10.0 Å². The second kappa shape index (κ2) is 5.65. The van der Waals surface area contributed by atoms with Crippen molar-refractivity contribution in [3.63, 3.8) is 0 Å². The lowest BCUT2D eigenvalue weighted by atomic mass is 9.96. The summed E-state index contributed by atoms with van der Waals surface area (Å²) in [5, 5.41) is 8.94. The minimum Gasteiger partial charge on any atom is -0.480 e. The first-order valence-corrected chi connectivity index (χ1v) is 6.51. The molecule has 2 saturated heterocycles. The largest absolute Gasteiger partial charge is 0.480 e. The van der Waals surface area contributed by atoms with Gasteiger partial charge in [-0.15, -0.1) is 6.58 Å². The Morgan fingerprint density at radius 1 is 1.47 bits per heavy atom. The van der Waals surface area contributed by atoms with E-state index in [1.54, 1.807) is 0 Å². The number of hydrogen-bond acceptors (Lipinski definition) is 3. The van der Waals surface area contributed by atoms with Crippen molar-refractivity contribution in [2.75, 3.05) is 26.2 Å². The van der Waals surface area contributed by atoms with Crippen LogP contribution in [0.1, 0.15) is 25.7 Å². The van der Waals surface area contributed by atoms with Gasteiger partial charge in [-0.05, 0) is 38.8 Å². The predicted molar refractivity (Wildman–Crippen MR) is 67.0 cm³/mol. The average Bonchev–Trinajstić information content (AvgIpc) is 2.74. The van der Waals surface area contributed by atoms with Crippen LogP contribution >= 0.6 is 0 Å². The smallest absolute Gasteiger partial charge is 0.317 e. The third kappa shape index (κ3) is 3.07. The van der Waals surface area contributed by atoms with E-state index < -0.39 is 5.97 Å². The van der Waals surface area contributed by atoms with E-state index in [1.165, 1.54) is 19.4 Å². The molecule has 4 nitrogen and oxygen atoms in total. The van der Waals surface area contributed by atoms with Crippen LogP contribution < -0.4 is 0 Å². The molecule has 0 saturated carbocycles. The van der Waals surface area contributed by atoms with Gasteiger partial charge in [-0.2, -0.15) is 0 Å². The highest BCUT2D eigenvalue weighted by molar-refractivity contribution is 5.69. The van der Waals surface area contributed by atoms with Crippen molar-refractivity contribution in [1.29, 1.82) is 0 Å². The molecule has 96 valence electrons. The van der Waals surface area contributed by atoms with E-state index in [-0.39, 0.29) is 6.54 Å². The van der Waals surface area contributed by atoms with Crippen molar-refractivity contribution < 1.29 is 9.90 Å². The summed E-state index contributed by atoms with van der Waals surface area (Å²) in [5.41, 5.74) is 0. The Labute approximate surface area is 103 Å². The van der Waals surface area contributed by atoms with E-state index in [0.717, 1.165) is 19.4 Å². The Hall–Kier alpha value is -0.870. The lowest BCUT2D eigenvalue weighted by Gasteiger charge is -2.39. The van der Waals surface area contributed by atoms with Crippen LogP contribution in [0.25, 0.3) is 0 Å². The maximum atomic E-state index is 10.9. The highest BCUT2D eigenvalue weighted by Crippen LogP contribution is 2.29. The minimum absolute atomic E-state index is 0.142. The standard InChI is InChI=1S/C13H22N2O2/c1-2-6-15(10-13(16)17)12-5-8-14-7-3-4-11(14)9-12/h2,11-12H,1,3-10H2,(H,16,17). The summed E-state index contributed by atoms with van der Waals surface area (Å²) >= 11 is 0.